The van der Waals surface area contributed by atoms with Gasteiger partial charge in [-0.2, -0.15) is 0 Å². The van der Waals surface area contributed by atoms with Crippen LogP contribution in [-0.4, -0.2) is 48.1 Å². The van der Waals surface area contributed by atoms with Gasteiger partial charge in [-0.1, -0.05) is 6.42 Å². The lowest BCUT2D eigenvalue weighted by Gasteiger charge is -2.26. The fourth-order valence-electron chi connectivity index (χ4n) is 3.88. The van der Waals surface area contributed by atoms with Gasteiger partial charge in [0, 0.05) is 43.9 Å². The van der Waals surface area contributed by atoms with Gasteiger partial charge >= 0.3 is 0 Å². The summed E-state index contributed by atoms with van der Waals surface area (Å²) in [6, 6.07) is 2.24. The Kier molecular flexibility index (Phi) is 2.72. The summed E-state index contributed by atoms with van der Waals surface area (Å²) in [5.74, 6) is 3.54. The molecule has 102 valence electrons. The van der Waals surface area contributed by atoms with Crippen LogP contribution < -0.4 is 4.90 Å². The number of aromatic nitrogens is 2. The first-order chi connectivity index (χ1) is 9.29. The number of fused-ring (bicyclic) bond motifs is 1. The van der Waals surface area contributed by atoms with Crippen molar-refractivity contribution in [3.8, 4) is 0 Å². The monoisotopic (exact) mass is 258 g/mol. The van der Waals surface area contributed by atoms with Gasteiger partial charge in [-0.25, -0.2) is 9.97 Å². The molecule has 1 aromatic rings. The Morgan fingerprint density at radius 3 is 2.42 bits per heavy atom. The van der Waals surface area contributed by atoms with Crippen LogP contribution in [0, 0.1) is 11.8 Å². The van der Waals surface area contributed by atoms with Gasteiger partial charge in [-0.05, 0) is 31.7 Å². The fraction of sp³-hybridized carbons (Fsp3) is 0.733. The van der Waals surface area contributed by atoms with E-state index in [0.29, 0.717) is 5.92 Å². The Bertz CT molecular complexity index is 457. The van der Waals surface area contributed by atoms with E-state index >= 15 is 0 Å². The second-order valence-corrected chi connectivity index (χ2v) is 6.58. The minimum absolute atomic E-state index is 0.704. The molecule has 2 aliphatic heterocycles. The summed E-state index contributed by atoms with van der Waals surface area (Å²) in [5.41, 5.74) is 1.27. The first-order valence-electron chi connectivity index (χ1n) is 7.55. The van der Waals surface area contributed by atoms with Gasteiger partial charge < -0.3 is 9.80 Å². The molecule has 1 aromatic heterocycles. The average molecular weight is 258 g/mol. The number of nitrogens with zero attached hydrogens (tertiary/aromatic N) is 4. The molecule has 2 saturated heterocycles. The highest BCUT2D eigenvalue weighted by atomic mass is 15.3. The molecule has 2 atom stereocenters. The number of likely N-dealkylation sites (tertiary alicyclic amines) is 1. The molecule has 0 unspecified atom stereocenters. The van der Waals surface area contributed by atoms with E-state index in [1.54, 1.807) is 6.33 Å². The molecule has 19 heavy (non-hydrogen) atoms. The van der Waals surface area contributed by atoms with E-state index in [-0.39, 0.29) is 0 Å². The Balaban J connectivity index is 1.51. The second kappa shape index (κ2) is 4.44. The predicted octanol–water partition coefficient (Wildman–Crippen LogP) is 1.74. The van der Waals surface area contributed by atoms with Gasteiger partial charge in [0.15, 0.2) is 0 Å². The van der Waals surface area contributed by atoms with Gasteiger partial charge in [0.05, 0.1) is 0 Å². The van der Waals surface area contributed by atoms with Gasteiger partial charge in [-0.3, -0.25) is 0 Å². The predicted molar refractivity (Wildman–Crippen MR) is 75.3 cm³/mol. The maximum Gasteiger partial charge on any atom is 0.132 e. The zero-order valence-electron chi connectivity index (χ0n) is 11.6. The highest BCUT2D eigenvalue weighted by Crippen LogP contribution is 2.37. The molecule has 0 spiro atoms. The quantitative estimate of drug-likeness (QED) is 0.809. The van der Waals surface area contributed by atoms with Gasteiger partial charge in [-0.15, -0.1) is 0 Å². The van der Waals surface area contributed by atoms with E-state index in [9.17, 15) is 0 Å². The van der Waals surface area contributed by atoms with Crippen molar-refractivity contribution < 1.29 is 0 Å². The lowest BCUT2D eigenvalue weighted by atomic mass is 9.83. The van der Waals surface area contributed by atoms with Crippen molar-refractivity contribution in [3.63, 3.8) is 0 Å². The van der Waals surface area contributed by atoms with E-state index in [1.807, 2.05) is 0 Å². The normalized spacial score (nSPS) is 31.5. The molecule has 0 bridgehead atoms. The molecule has 3 aliphatic rings. The molecule has 3 heterocycles. The van der Waals surface area contributed by atoms with Gasteiger partial charge in [0.1, 0.15) is 12.1 Å². The van der Waals surface area contributed by atoms with Crippen LogP contribution in [0.25, 0.3) is 0 Å². The maximum atomic E-state index is 4.51. The van der Waals surface area contributed by atoms with E-state index in [4.69, 9.17) is 0 Å². The Morgan fingerprint density at radius 2 is 1.79 bits per heavy atom. The van der Waals surface area contributed by atoms with Crippen LogP contribution in [0.4, 0.5) is 5.82 Å². The van der Waals surface area contributed by atoms with Crippen molar-refractivity contribution in [3.05, 3.63) is 18.1 Å². The molecule has 4 rings (SSSR count). The van der Waals surface area contributed by atoms with Crippen LogP contribution >= 0.6 is 0 Å². The van der Waals surface area contributed by atoms with Crippen LogP contribution in [-0.2, 0) is 0 Å². The van der Waals surface area contributed by atoms with Crippen LogP contribution in [0.5, 0.6) is 0 Å². The molecule has 0 amide bonds. The lowest BCUT2D eigenvalue weighted by molar-refractivity contribution is 0.386. The highest BCUT2D eigenvalue weighted by Gasteiger charge is 2.39. The van der Waals surface area contributed by atoms with Gasteiger partial charge in [0.2, 0.25) is 0 Å². The summed E-state index contributed by atoms with van der Waals surface area (Å²) in [6.45, 7) is 4.86. The third kappa shape index (κ3) is 2.02. The molecular weight excluding hydrogens is 236 g/mol. The molecule has 0 N–H and O–H groups in total. The fourth-order valence-corrected chi connectivity index (χ4v) is 3.88. The number of rotatable bonds is 2. The van der Waals surface area contributed by atoms with Crippen LogP contribution in [0.15, 0.2) is 12.4 Å². The zero-order chi connectivity index (χ0) is 12.8. The summed E-state index contributed by atoms with van der Waals surface area (Å²) < 4.78 is 0. The van der Waals surface area contributed by atoms with E-state index in [0.717, 1.165) is 17.7 Å². The minimum Gasteiger partial charge on any atom is -0.356 e. The summed E-state index contributed by atoms with van der Waals surface area (Å²) >= 11 is 0. The minimum atomic E-state index is 0.704. The van der Waals surface area contributed by atoms with Crippen molar-refractivity contribution in [1.82, 2.24) is 14.9 Å². The summed E-state index contributed by atoms with van der Waals surface area (Å²) in [7, 11) is 2.24. The second-order valence-electron chi connectivity index (χ2n) is 6.58. The van der Waals surface area contributed by atoms with Crippen molar-refractivity contribution in [2.45, 2.75) is 25.2 Å². The average Bonchev–Trinajstić information content (AvgIpc) is 2.84. The van der Waals surface area contributed by atoms with Crippen molar-refractivity contribution >= 4 is 5.82 Å². The molecule has 1 saturated carbocycles. The first kappa shape index (κ1) is 11.6. The Labute approximate surface area is 114 Å². The highest BCUT2D eigenvalue weighted by molar-refractivity contribution is 5.42. The third-order valence-corrected chi connectivity index (χ3v) is 5.19. The van der Waals surface area contributed by atoms with Crippen molar-refractivity contribution in [1.29, 1.82) is 0 Å². The Morgan fingerprint density at radius 1 is 1.05 bits per heavy atom. The van der Waals surface area contributed by atoms with Crippen molar-refractivity contribution in [2.75, 3.05) is 38.1 Å². The summed E-state index contributed by atoms with van der Waals surface area (Å²) in [6.07, 6.45) is 5.76. The van der Waals surface area contributed by atoms with E-state index in [2.05, 4.69) is 32.9 Å². The molecule has 0 radical (unpaired) electrons. The van der Waals surface area contributed by atoms with Crippen LogP contribution in [0.3, 0.4) is 0 Å². The zero-order valence-corrected chi connectivity index (χ0v) is 11.6. The smallest absolute Gasteiger partial charge is 0.132 e. The van der Waals surface area contributed by atoms with E-state index < -0.39 is 0 Å². The maximum absolute atomic E-state index is 4.51. The number of anilines is 1. The molecular formula is C15H22N4. The SMILES string of the molecule is CN1C[C@H]2CN(c3cc(C4CCC4)ncn3)C[C@@H]2C1. The summed E-state index contributed by atoms with van der Waals surface area (Å²) in [5, 5.41) is 0. The molecule has 4 heteroatoms. The van der Waals surface area contributed by atoms with E-state index in [1.165, 1.54) is 51.1 Å². The largest absolute Gasteiger partial charge is 0.356 e. The number of hydrogen-bond donors (Lipinski definition) is 0. The molecule has 3 fully saturated rings. The standard InChI is InChI=1S/C15H22N4/c1-18-6-12-8-19(9-13(12)7-18)15-5-14(16-10-17-15)11-3-2-4-11/h5,10-13H,2-4,6-9H2,1H3/t12-,13-/m0/s1. The third-order valence-electron chi connectivity index (χ3n) is 5.19. The molecule has 1 aliphatic carbocycles. The summed E-state index contributed by atoms with van der Waals surface area (Å²) in [4.78, 5) is 13.9. The molecule has 0 aromatic carbocycles. The number of hydrogen-bond acceptors (Lipinski definition) is 4. The van der Waals surface area contributed by atoms with Crippen molar-refractivity contribution in [2.24, 2.45) is 11.8 Å². The molecule has 4 nitrogen and oxygen atoms in total. The lowest BCUT2D eigenvalue weighted by Crippen LogP contribution is -2.27. The topological polar surface area (TPSA) is 32.3 Å². The van der Waals surface area contributed by atoms with Gasteiger partial charge in [0.25, 0.3) is 0 Å². The van der Waals surface area contributed by atoms with Crippen LogP contribution in [0.2, 0.25) is 0 Å². The first-order valence-corrected chi connectivity index (χ1v) is 7.55. The Hall–Kier alpha value is -1.16. The van der Waals surface area contributed by atoms with Crippen LogP contribution in [0.1, 0.15) is 30.9 Å².